The maximum Gasteiger partial charge on any atom is 0.164 e. The molecule has 3 heterocycles. The molecule has 0 saturated carbocycles. The van der Waals surface area contributed by atoms with E-state index in [0.717, 1.165) is 60.6 Å². The Morgan fingerprint density at radius 1 is 0.404 bits per heavy atom. The fourth-order valence-corrected chi connectivity index (χ4v) is 8.03. The van der Waals surface area contributed by atoms with Crippen molar-refractivity contribution >= 4 is 43.4 Å². The Labute approximate surface area is 304 Å². The molecular weight excluding hydrogens is 655 g/mol. The molecule has 0 aliphatic heterocycles. The second-order valence-corrected chi connectivity index (χ2v) is 13.7. The lowest BCUT2D eigenvalue weighted by atomic mass is 10.0. The minimum Gasteiger partial charge on any atom is -0.309 e. The zero-order chi connectivity index (χ0) is 34.4. The summed E-state index contributed by atoms with van der Waals surface area (Å²) in [6.45, 7) is 0. The highest BCUT2D eigenvalue weighted by Crippen LogP contribution is 2.41. The van der Waals surface area contributed by atoms with Crippen LogP contribution in [0.15, 0.2) is 176 Å². The molecule has 0 atom stereocenters. The lowest BCUT2D eigenvalue weighted by Gasteiger charge is -2.11. The molecule has 6 heteroatoms. The van der Waals surface area contributed by atoms with Crippen LogP contribution >= 0.6 is 11.3 Å². The molecule has 0 amide bonds. The van der Waals surface area contributed by atoms with Crippen molar-refractivity contribution in [1.29, 1.82) is 0 Å². The Hall–Kier alpha value is -6.76. The highest BCUT2D eigenvalue weighted by molar-refractivity contribution is 7.21. The standard InChI is InChI=1S/C46H29N5S/c1-3-13-31(14-4-1)43-48-44(32-15-5-2-6-16-32)50-45(49-43)33-27-25-30(26-28-33)34-17-11-18-35(29-34)51-39-22-9-7-19-36(39)42-37(20-12-23-40(42)51)46-47-38-21-8-10-24-41(38)52-46/h1-29H. The average molecular weight is 684 g/mol. The van der Waals surface area contributed by atoms with Gasteiger partial charge in [-0.25, -0.2) is 19.9 Å². The Balaban J connectivity index is 1.05. The third kappa shape index (κ3) is 5.25. The molecule has 0 spiro atoms. The number of hydrogen-bond donors (Lipinski definition) is 0. The number of hydrogen-bond acceptors (Lipinski definition) is 5. The normalized spacial score (nSPS) is 11.5. The van der Waals surface area contributed by atoms with Crippen molar-refractivity contribution in [2.75, 3.05) is 0 Å². The number of benzene rings is 7. The van der Waals surface area contributed by atoms with Gasteiger partial charge in [-0.1, -0.05) is 140 Å². The third-order valence-electron chi connectivity index (χ3n) is 9.50. The van der Waals surface area contributed by atoms with Gasteiger partial charge in [0.25, 0.3) is 0 Å². The predicted molar refractivity (Wildman–Crippen MR) is 215 cm³/mol. The Bertz CT molecular complexity index is 2800. The summed E-state index contributed by atoms with van der Waals surface area (Å²) in [5, 5.41) is 3.46. The smallest absolute Gasteiger partial charge is 0.164 e. The van der Waals surface area contributed by atoms with E-state index < -0.39 is 0 Å². The van der Waals surface area contributed by atoms with E-state index in [1.54, 1.807) is 11.3 Å². The zero-order valence-electron chi connectivity index (χ0n) is 27.9. The Morgan fingerprint density at radius 3 is 1.67 bits per heavy atom. The molecule has 0 fully saturated rings. The summed E-state index contributed by atoms with van der Waals surface area (Å²) >= 11 is 1.74. The van der Waals surface area contributed by atoms with Gasteiger partial charge in [0.2, 0.25) is 0 Å². The topological polar surface area (TPSA) is 56.5 Å². The van der Waals surface area contributed by atoms with Crippen LogP contribution in [0.4, 0.5) is 0 Å². The Morgan fingerprint density at radius 2 is 0.962 bits per heavy atom. The molecule has 0 aliphatic carbocycles. The monoisotopic (exact) mass is 683 g/mol. The van der Waals surface area contributed by atoms with E-state index in [-0.39, 0.29) is 0 Å². The van der Waals surface area contributed by atoms with Gasteiger partial charge in [-0.05, 0) is 47.5 Å². The van der Waals surface area contributed by atoms with Gasteiger partial charge < -0.3 is 4.57 Å². The van der Waals surface area contributed by atoms with Gasteiger partial charge in [0, 0.05) is 38.7 Å². The molecule has 0 N–H and O–H groups in total. The van der Waals surface area contributed by atoms with E-state index in [1.165, 1.54) is 15.5 Å². The summed E-state index contributed by atoms with van der Waals surface area (Å²) in [4.78, 5) is 19.7. The van der Waals surface area contributed by atoms with Gasteiger partial charge in [-0.3, -0.25) is 0 Å². The fourth-order valence-electron chi connectivity index (χ4n) is 7.04. The van der Waals surface area contributed by atoms with Crippen molar-refractivity contribution < 1.29 is 0 Å². The summed E-state index contributed by atoms with van der Waals surface area (Å²) in [5.74, 6) is 1.94. The quantitative estimate of drug-likeness (QED) is 0.175. The van der Waals surface area contributed by atoms with Crippen LogP contribution in [0.25, 0.3) is 93.6 Å². The van der Waals surface area contributed by atoms with Crippen LogP contribution in [-0.4, -0.2) is 24.5 Å². The number of fused-ring (bicyclic) bond motifs is 4. The minimum absolute atomic E-state index is 0.641. The second-order valence-electron chi connectivity index (χ2n) is 12.7. The number of thiazole rings is 1. The van der Waals surface area contributed by atoms with Crippen molar-refractivity contribution in [2.24, 2.45) is 0 Å². The summed E-state index contributed by atoms with van der Waals surface area (Å²) in [7, 11) is 0. The Kier molecular flexibility index (Phi) is 7.25. The minimum atomic E-state index is 0.641. The fraction of sp³-hybridized carbons (Fsp3) is 0. The molecule has 0 bridgehead atoms. The van der Waals surface area contributed by atoms with Crippen LogP contribution in [0, 0.1) is 0 Å². The number of para-hydroxylation sites is 2. The molecule has 10 rings (SSSR count). The number of nitrogens with zero attached hydrogens (tertiary/aromatic N) is 5. The van der Waals surface area contributed by atoms with Gasteiger partial charge in [-0.2, -0.15) is 0 Å². The molecule has 244 valence electrons. The molecular formula is C46H29N5S. The summed E-state index contributed by atoms with van der Waals surface area (Å²) in [6.07, 6.45) is 0. The first-order valence-electron chi connectivity index (χ1n) is 17.2. The maximum absolute atomic E-state index is 5.04. The largest absolute Gasteiger partial charge is 0.309 e. The second kappa shape index (κ2) is 12.5. The van der Waals surface area contributed by atoms with Crippen LogP contribution in [0.5, 0.6) is 0 Å². The average Bonchev–Trinajstić information content (AvgIpc) is 3.81. The summed E-state index contributed by atoms with van der Waals surface area (Å²) < 4.78 is 3.57. The van der Waals surface area contributed by atoms with Crippen LogP contribution in [0.3, 0.4) is 0 Å². The first kappa shape index (κ1) is 30.1. The van der Waals surface area contributed by atoms with E-state index in [0.29, 0.717) is 17.5 Å². The van der Waals surface area contributed by atoms with E-state index in [2.05, 4.69) is 120 Å². The summed E-state index contributed by atoms with van der Waals surface area (Å²) in [5.41, 5.74) is 10.7. The SMILES string of the molecule is c1ccc(-c2nc(-c3ccccc3)nc(-c3ccc(-c4cccc(-n5c6ccccc6c6c(-c7nc8ccccc8s7)cccc65)c4)cc3)n2)cc1. The number of rotatable bonds is 6. The van der Waals surface area contributed by atoms with Gasteiger partial charge in [0.15, 0.2) is 17.5 Å². The van der Waals surface area contributed by atoms with Gasteiger partial charge in [0.1, 0.15) is 5.01 Å². The van der Waals surface area contributed by atoms with Crippen LogP contribution in [0.2, 0.25) is 0 Å². The van der Waals surface area contributed by atoms with Crippen molar-refractivity contribution in [2.45, 2.75) is 0 Å². The molecule has 0 unspecified atom stereocenters. The van der Waals surface area contributed by atoms with E-state index in [1.807, 2.05) is 60.7 Å². The summed E-state index contributed by atoms with van der Waals surface area (Å²) in [6, 6.07) is 61.0. The molecule has 0 aliphatic rings. The van der Waals surface area contributed by atoms with E-state index in [9.17, 15) is 0 Å². The molecule has 0 radical (unpaired) electrons. The maximum atomic E-state index is 5.04. The molecule has 7 aromatic carbocycles. The van der Waals surface area contributed by atoms with Crippen molar-refractivity contribution in [3.05, 3.63) is 176 Å². The lowest BCUT2D eigenvalue weighted by molar-refractivity contribution is 1.07. The van der Waals surface area contributed by atoms with Gasteiger partial charge >= 0.3 is 0 Å². The third-order valence-corrected chi connectivity index (χ3v) is 10.6. The number of aromatic nitrogens is 5. The molecule has 52 heavy (non-hydrogen) atoms. The first-order chi connectivity index (χ1) is 25.8. The van der Waals surface area contributed by atoms with Gasteiger partial charge in [0.05, 0.1) is 21.3 Å². The highest BCUT2D eigenvalue weighted by atomic mass is 32.1. The van der Waals surface area contributed by atoms with Crippen molar-refractivity contribution in [3.63, 3.8) is 0 Å². The molecule has 10 aromatic rings. The first-order valence-corrected chi connectivity index (χ1v) is 18.0. The molecule has 5 nitrogen and oxygen atoms in total. The van der Waals surface area contributed by atoms with Crippen molar-refractivity contribution in [3.8, 4) is 61.5 Å². The van der Waals surface area contributed by atoms with E-state index in [4.69, 9.17) is 19.9 Å². The predicted octanol–water partition coefficient (Wildman–Crippen LogP) is 11.9. The van der Waals surface area contributed by atoms with E-state index >= 15 is 0 Å². The highest BCUT2D eigenvalue weighted by Gasteiger charge is 2.18. The molecule has 0 saturated heterocycles. The zero-order valence-corrected chi connectivity index (χ0v) is 28.7. The van der Waals surface area contributed by atoms with Crippen LogP contribution in [0.1, 0.15) is 0 Å². The van der Waals surface area contributed by atoms with Gasteiger partial charge in [-0.15, -0.1) is 11.3 Å². The van der Waals surface area contributed by atoms with Crippen molar-refractivity contribution in [1.82, 2.24) is 24.5 Å². The van der Waals surface area contributed by atoms with Crippen LogP contribution < -0.4 is 0 Å². The lowest BCUT2D eigenvalue weighted by Crippen LogP contribution is -2.00. The molecule has 3 aromatic heterocycles. The van der Waals surface area contributed by atoms with Crippen LogP contribution in [-0.2, 0) is 0 Å².